The van der Waals surface area contributed by atoms with Crippen LogP contribution in [0, 0.1) is 0 Å². The van der Waals surface area contributed by atoms with Crippen LogP contribution in [0.25, 0.3) is 33.2 Å². The van der Waals surface area contributed by atoms with Crippen LogP contribution >= 0.6 is 0 Å². The third-order valence-electron chi connectivity index (χ3n) is 4.66. The third-order valence-corrected chi connectivity index (χ3v) is 4.66. The van der Waals surface area contributed by atoms with Gasteiger partial charge in [-0.2, -0.15) is 0 Å². The van der Waals surface area contributed by atoms with Gasteiger partial charge in [-0.1, -0.05) is 42.5 Å². The van der Waals surface area contributed by atoms with Gasteiger partial charge in [-0.15, -0.1) is 0 Å². The molecule has 5 heteroatoms. The number of pyridine rings is 1. The first kappa shape index (κ1) is 17.4. The Hall–Kier alpha value is -3.99. The number of hydrogen-bond donors (Lipinski definition) is 2. The predicted molar refractivity (Wildman–Crippen MR) is 107 cm³/mol. The van der Waals surface area contributed by atoms with Crippen LogP contribution < -0.4 is 0 Å². The maximum absolute atomic E-state index is 11.1. The lowest BCUT2D eigenvalue weighted by Gasteiger charge is -2.11. The summed E-state index contributed by atoms with van der Waals surface area (Å²) in [5, 5.41) is 19.1. The summed E-state index contributed by atoms with van der Waals surface area (Å²) < 4.78 is 0. The van der Waals surface area contributed by atoms with E-state index >= 15 is 0 Å². The molecule has 0 unspecified atom stereocenters. The molecular weight excluding hydrogens is 354 g/mol. The van der Waals surface area contributed by atoms with E-state index in [1.165, 1.54) is 0 Å². The summed E-state index contributed by atoms with van der Waals surface area (Å²) in [5.74, 6) is -1.92. The summed E-state index contributed by atoms with van der Waals surface area (Å²) >= 11 is 0. The zero-order chi connectivity index (χ0) is 19.7. The van der Waals surface area contributed by atoms with E-state index in [-0.39, 0.29) is 11.1 Å². The fourth-order valence-corrected chi connectivity index (χ4v) is 3.24. The van der Waals surface area contributed by atoms with Crippen LogP contribution in [-0.4, -0.2) is 27.1 Å². The molecule has 0 aliphatic rings. The highest BCUT2D eigenvalue weighted by Crippen LogP contribution is 2.34. The maximum atomic E-state index is 11.1. The number of fused-ring (bicyclic) bond motifs is 1. The average molecular weight is 369 g/mol. The SMILES string of the molecule is O=C(O)c1ccc(-c2ccc(-c3ccc(C(=O)O)cc3)c3ncccc23)cc1. The lowest BCUT2D eigenvalue weighted by molar-refractivity contribution is 0.0686. The molecule has 1 aromatic heterocycles. The Balaban J connectivity index is 1.85. The normalized spacial score (nSPS) is 10.7. The predicted octanol–water partition coefficient (Wildman–Crippen LogP) is 4.97. The highest BCUT2D eigenvalue weighted by molar-refractivity contribution is 6.03. The van der Waals surface area contributed by atoms with E-state index in [2.05, 4.69) is 4.98 Å². The van der Waals surface area contributed by atoms with E-state index in [1.54, 1.807) is 54.7 Å². The molecule has 0 spiro atoms. The van der Waals surface area contributed by atoms with Crippen LogP contribution in [0.1, 0.15) is 20.7 Å². The number of aromatic carboxylic acids is 2. The average Bonchev–Trinajstić information content (AvgIpc) is 2.73. The summed E-state index contributed by atoms with van der Waals surface area (Å²) in [6.07, 6.45) is 1.72. The summed E-state index contributed by atoms with van der Waals surface area (Å²) in [4.78, 5) is 26.7. The Labute approximate surface area is 160 Å². The quantitative estimate of drug-likeness (QED) is 0.530. The van der Waals surface area contributed by atoms with Gasteiger partial charge in [0.1, 0.15) is 0 Å². The summed E-state index contributed by atoms with van der Waals surface area (Å²) in [5.41, 5.74) is 4.89. The first-order chi connectivity index (χ1) is 13.5. The smallest absolute Gasteiger partial charge is 0.335 e. The molecule has 0 atom stereocenters. The molecule has 5 nitrogen and oxygen atoms in total. The monoisotopic (exact) mass is 369 g/mol. The molecule has 1 heterocycles. The van der Waals surface area contributed by atoms with Gasteiger partial charge < -0.3 is 10.2 Å². The van der Waals surface area contributed by atoms with Crippen molar-refractivity contribution in [2.45, 2.75) is 0 Å². The molecule has 136 valence electrons. The Kier molecular flexibility index (Phi) is 4.33. The van der Waals surface area contributed by atoms with Crippen LogP contribution in [0.5, 0.6) is 0 Å². The highest BCUT2D eigenvalue weighted by Gasteiger charge is 2.12. The largest absolute Gasteiger partial charge is 0.478 e. The zero-order valence-corrected chi connectivity index (χ0v) is 14.7. The van der Waals surface area contributed by atoms with Crippen molar-refractivity contribution in [2.75, 3.05) is 0 Å². The van der Waals surface area contributed by atoms with Gasteiger partial charge in [0.2, 0.25) is 0 Å². The highest BCUT2D eigenvalue weighted by atomic mass is 16.4. The lowest BCUT2D eigenvalue weighted by Crippen LogP contribution is -1.96. The van der Waals surface area contributed by atoms with Crippen LogP contribution in [0.3, 0.4) is 0 Å². The number of nitrogens with zero attached hydrogens (tertiary/aromatic N) is 1. The van der Waals surface area contributed by atoms with Crippen LogP contribution in [0.2, 0.25) is 0 Å². The van der Waals surface area contributed by atoms with Crippen LogP contribution in [0.4, 0.5) is 0 Å². The first-order valence-corrected chi connectivity index (χ1v) is 8.60. The van der Waals surface area contributed by atoms with Gasteiger partial charge in [-0.3, -0.25) is 4.98 Å². The molecule has 0 saturated carbocycles. The van der Waals surface area contributed by atoms with E-state index in [0.717, 1.165) is 33.2 Å². The van der Waals surface area contributed by atoms with Gasteiger partial charge in [0.05, 0.1) is 16.6 Å². The van der Waals surface area contributed by atoms with Crippen molar-refractivity contribution < 1.29 is 19.8 Å². The van der Waals surface area contributed by atoms with E-state index in [1.807, 2.05) is 24.3 Å². The number of hydrogen-bond acceptors (Lipinski definition) is 3. The van der Waals surface area contributed by atoms with Crippen LogP contribution in [0.15, 0.2) is 79.0 Å². The third kappa shape index (κ3) is 3.10. The minimum absolute atomic E-state index is 0.233. The number of carboxylic acid groups (broad SMARTS) is 2. The van der Waals surface area contributed by atoms with Gasteiger partial charge in [0.25, 0.3) is 0 Å². The van der Waals surface area contributed by atoms with E-state index in [0.29, 0.717) is 0 Å². The summed E-state index contributed by atoms with van der Waals surface area (Å²) in [6.45, 7) is 0. The summed E-state index contributed by atoms with van der Waals surface area (Å²) in [7, 11) is 0. The standard InChI is InChI=1S/C23H15NO4/c25-22(26)16-7-3-14(4-8-16)18-11-12-19(21-20(18)2-1-13-24-21)15-5-9-17(10-6-15)23(27)28/h1-13H,(H,25,26)(H,27,28). The second-order valence-electron chi connectivity index (χ2n) is 6.33. The Morgan fingerprint density at radius 1 is 0.643 bits per heavy atom. The minimum Gasteiger partial charge on any atom is -0.478 e. The van der Waals surface area contributed by atoms with Gasteiger partial charge >= 0.3 is 11.9 Å². The van der Waals surface area contributed by atoms with Gasteiger partial charge in [0.15, 0.2) is 0 Å². The van der Waals surface area contributed by atoms with Gasteiger partial charge in [-0.05, 0) is 47.0 Å². The molecule has 0 radical (unpaired) electrons. The molecule has 4 aromatic rings. The van der Waals surface area contributed by atoms with Crippen LogP contribution in [-0.2, 0) is 0 Å². The first-order valence-electron chi connectivity index (χ1n) is 8.60. The van der Waals surface area contributed by atoms with Crippen molar-refractivity contribution in [3.8, 4) is 22.3 Å². The van der Waals surface area contributed by atoms with E-state index in [9.17, 15) is 9.59 Å². The topological polar surface area (TPSA) is 87.5 Å². The molecule has 0 aliphatic carbocycles. The maximum Gasteiger partial charge on any atom is 0.335 e. The van der Waals surface area contributed by atoms with Crippen molar-refractivity contribution >= 4 is 22.8 Å². The molecule has 0 fully saturated rings. The Morgan fingerprint density at radius 2 is 1.14 bits per heavy atom. The van der Waals surface area contributed by atoms with Crippen molar-refractivity contribution in [3.05, 3.63) is 90.1 Å². The fraction of sp³-hybridized carbons (Fsp3) is 0. The second-order valence-corrected chi connectivity index (χ2v) is 6.33. The molecule has 28 heavy (non-hydrogen) atoms. The number of benzene rings is 3. The molecule has 0 bridgehead atoms. The molecular formula is C23H15NO4. The van der Waals surface area contributed by atoms with Gasteiger partial charge in [-0.25, -0.2) is 9.59 Å². The molecule has 2 N–H and O–H groups in total. The van der Waals surface area contributed by atoms with Crippen molar-refractivity contribution in [2.24, 2.45) is 0 Å². The van der Waals surface area contributed by atoms with Crippen molar-refractivity contribution in [3.63, 3.8) is 0 Å². The molecule has 4 rings (SSSR count). The number of carboxylic acids is 2. The number of carbonyl (C=O) groups is 2. The Bertz CT molecular complexity index is 1100. The molecule has 0 saturated heterocycles. The summed E-state index contributed by atoms with van der Waals surface area (Å²) in [6, 6.07) is 21.2. The van der Waals surface area contributed by atoms with E-state index < -0.39 is 11.9 Å². The molecule has 3 aromatic carbocycles. The zero-order valence-electron chi connectivity index (χ0n) is 14.7. The number of rotatable bonds is 4. The fourth-order valence-electron chi connectivity index (χ4n) is 3.24. The van der Waals surface area contributed by atoms with Crippen molar-refractivity contribution in [1.29, 1.82) is 0 Å². The second kappa shape index (κ2) is 6.96. The van der Waals surface area contributed by atoms with Crippen molar-refractivity contribution in [1.82, 2.24) is 4.98 Å². The van der Waals surface area contributed by atoms with Gasteiger partial charge in [0, 0.05) is 17.1 Å². The minimum atomic E-state index is -0.963. The lowest BCUT2D eigenvalue weighted by atomic mass is 9.94. The number of aromatic nitrogens is 1. The Morgan fingerprint density at radius 3 is 1.68 bits per heavy atom. The molecule has 0 amide bonds. The molecule has 0 aliphatic heterocycles. The van der Waals surface area contributed by atoms with E-state index in [4.69, 9.17) is 10.2 Å².